The predicted octanol–water partition coefficient (Wildman–Crippen LogP) is 2.65. The quantitative estimate of drug-likeness (QED) is 0.943. The van der Waals surface area contributed by atoms with Gasteiger partial charge >= 0.3 is 0 Å². The minimum atomic E-state index is -3.57. The van der Waals surface area contributed by atoms with Gasteiger partial charge in [0.15, 0.2) is 0 Å². The zero-order chi connectivity index (χ0) is 15.5. The highest BCUT2D eigenvalue weighted by atomic mass is 32.2. The van der Waals surface area contributed by atoms with Crippen LogP contribution >= 0.6 is 0 Å². The maximum absolute atomic E-state index is 12.2. The summed E-state index contributed by atoms with van der Waals surface area (Å²) in [6.45, 7) is 4.21. The Balaban J connectivity index is 2.18. The van der Waals surface area contributed by atoms with Gasteiger partial charge in [-0.15, -0.1) is 0 Å². The van der Waals surface area contributed by atoms with Crippen molar-refractivity contribution >= 4 is 10.0 Å². The fourth-order valence-electron chi connectivity index (χ4n) is 1.97. The molecule has 0 fully saturated rings. The van der Waals surface area contributed by atoms with E-state index in [0.29, 0.717) is 5.56 Å². The maximum atomic E-state index is 12.2. The van der Waals surface area contributed by atoms with Crippen LogP contribution in [-0.2, 0) is 16.6 Å². The van der Waals surface area contributed by atoms with E-state index in [4.69, 9.17) is 5.26 Å². The SMILES string of the molecule is Cc1cccc(CNS(=O)(=O)c2ccc(C#N)cc2)c1C. The van der Waals surface area contributed by atoms with Gasteiger partial charge in [-0.3, -0.25) is 0 Å². The van der Waals surface area contributed by atoms with Crippen LogP contribution in [0.15, 0.2) is 47.4 Å². The molecule has 0 unspecified atom stereocenters. The van der Waals surface area contributed by atoms with Crippen molar-refractivity contribution in [3.63, 3.8) is 0 Å². The molecule has 0 saturated carbocycles. The molecule has 5 heteroatoms. The highest BCUT2D eigenvalue weighted by Crippen LogP contribution is 2.15. The Bertz CT molecular complexity index is 788. The summed E-state index contributed by atoms with van der Waals surface area (Å²) in [7, 11) is -3.57. The summed E-state index contributed by atoms with van der Waals surface area (Å²) in [5, 5.41) is 8.72. The van der Waals surface area contributed by atoms with Crippen molar-refractivity contribution in [1.29, 1.82) is 5.26 Å². The molecule has 21 heavy (non-hydrogen) atoms. The highest BCUT2D eigenvalue weighted by Gasteiger charge is 2.14. The van der Waals surface area contributed by atoms with E-state index in [0.717, 1.165) is 16.7 Å². The molecule has 0 aliphatic heterocycles. The zero-order valence-corrected chi connectivity index (χ0v) is 12.7. The molecule has 0 heterocycles. The Kier molecular flexibility index (Phi) is 4.41. The largest absolute Gasteiger partial charge is 0.240 e. The number of aryl methyl sites for hydroxylation is 1. The first-order valence-electron chi connectivity index (χ1n) is 6.49. The minimum Gasteiger partial charge on any atom is -0.207 e. The van der Waals surface area contributed by atoms with E-state index >= 15 is 0 Å². The van der Waals surface area contributed by atoms with Gasteiger partial charge in [-0.05, 0) is 54.8 Å². The van der Waals surface area contributed by atoms with Crippen LogP contribution in [0.4, 0.5) is 0 Å². The second kappa shape index (κ2) is 6.08. The average molecular weight is 300 g/mol. The average Bonchev–Trinajstić information content (AvgIpc) is 2.49. The Morgan fingerprint density at radius 2 is 1.76 bits per heavy atom. The number of hydrogen-bond donors (Lipinski definition) is 1. The van der Waals surface area contributed by atoms with Crippen molar-refractivity contribution in [2.24, 2.45) is 0 Å². The van der Waals surface area contributed by atoms with Gasteiger partial charge in [-0.1, -0.05) is 18.2 Å². The molecule has 1 N–H and O–H groups in total. The number of sulfonamides is 1. The molecule has 0 aromatic heterocycles. The maximum Gasteiger partial charge on any atom is 0.240 e. The third kappa shape index (κ3) is 3.48. The summed E-state index contributed by atoms with van der Waals surface area (Å²) in [4.78, 5) is 0.159. The second-order valence-electron chi connectivity index (χ2n) is 4.82. The minimum absolute atomic E-state index is 0.159. The van der Waals surface area contributed by atoms with Gasteiger partial charge in [0.2, 0.25) is 10.0 Å². The van der Waals surface area contributed by atoms with Crippen LogP contribution in [0.3, 0.4) is 0 Å². The van der Waals surface area contributed by atoms with E-state index in [-0.39, 0.29) is 11.4 Å². The van der Waals surface area contributed by atoms with E-state index < -0.39 is 10.0 Å². The topological polar surface area (TPSA) is 70.0 Å². The predicted molar refractivity (Wildman–Crippen MR) is 81.1 cm³/mol. The molecule has 0 atom stereocenters. The van der Waals surface area contributed by atoms with Gasteiger partial charge < -0.3 is 0 Å². The first-order chi connectivity index (χ1) is 9.94. The van der Waals surface area contributed by atoms with Crippen molar-refractivity contribution in [2.45, 2.75) is 25.3 Å². The third-order valence-electron chi connectivity index (χ3n) is 3.46. The van der Waals surface area contributed by atoms with E-state index in [1.165, 1.54) is 24.3 Å². The smallest absolute Gasteiger partial charge is 0.207 e. The lowest BCUT2D eigenvalue weighted by molar-refractivity contribution is 0.581. The molecule has 2 aromatic rings. The molecule has 108 valence electrons. The summed E-state index contributed by atoms with van der Waals surface area (Å²) in [5.74, 6) is 0. The van der Waals surface area contributed by atoms with Crippen LogP contribution in [0.25, 0.3) is 0 Å². The summed E-state index contributed by atoms with van der Waals surface area (Å²) < 4.78 is 27.0. The monoisotopic (exact) mass is 300 g/mol. The molecule has 0 radical (unpaired) electrons. The van der Waals surface area contributed by atoms with Gasteiger partial charge in [0.05, 0.1) is 16.5 Å². The van der Waals surface area contributed by atoms with E-state index in [1.807, 2.05) is 38.1 Å². The van der Waals surface area contributed by atoms with Crippen molar-refractivity contribution < 1.29 is 8.42 Å². The van der Waals surface area contributed by atoms with Gasteiger partial charge in [0.25, 0.3) is 0 Å². The number of nitriles is 1. The van der Waals surface area contributed by atoms with Gasteiger partial charge in [-0.2, -0.15) is 5.26 Å². The summed E-state index contributed by atoms with van der Waals surface area (Å²) in [6.07, 6.45) is 0. The molecule has 0 aliphatic carbocycles. The van der Waals surface area contributed by atoms with Crippen molar-refractivity contribution in [1.82, 2.24) is 4.72 Å². The number of rotatable bonds is 4. The van der Waals surface area contributed by atoms with Crippen LogP contribution < -0.4 is 4.72 Å². The van der Waals surface area contributed by atoms with Crippen LogP contribution in [0.5, 0.6) is 0 Å². The molecule has 0 aliphatic rings. The third-order valence-corrected chi connectivity index (χ3v) is 4.88. The van der Waals surface area contributed by atoms with Crippen molar-refractivity contribution in [3.05, 3.63) is 64.7 Å². The lowest BCUT2D eigenvalue weighted by atomic mass is 10.0. The molecular weight excluding hydrogens is 284 g/mol. The lowest BCUT2D eigenvalue weighted by Crippen LogP contribution is -2.23. The number of hydrogen-bond acceptors (Lipinski definition) is 3. The van der Waals surface area contributed by atoms with Crippen LogP contribution in [-0.4, -0.2) is 8.42 Å². The van der Waals surface area contributed by atoms with Crippen LogP contribution in [0, 0.1) is 25.2 Å². The molecule has 0 spiro atoms. The van der Waals surface area contributed by atoms with E-state index in [9.17, 15) is 8.42 Å². The number of nitrogens with zero attached hydrogens (tertiary/aromatic N) is 1. The standard InChI is InChI=1S/C16H16N2O2S/c1-12-4-3-5-15(13(12)2)11-18-21(19,20)16-8-6-14(10-17)7-9-16/h3-9,18H,11H2,1-2H3. The van der Waals surface area contributed by atoms with Gasteiger partial charge in [0, 0.05) is 6.54 Å². The van der Waals surface area contributed by atoms with Gasteiger partial charge in [0.1, 0.15) is 0 Å². The van der Waals surface area contributed by atoms with Gasteiger partial charge in [-0.25, -0.2) is 13.1 Å². The molecule has 0 amide bonds. The second-order valence-corrected chi connectivity index (χ2v) is 6.59. The number of benzene rings is 2. The fourth-order valence-corrected chi connectivity index (χ4v) is 2.97. The zero-order valence-electron chi connectivity index (χ0n) is 11.9. The summed E-state index contributed by atoms with van der Waals surface area (Å²) in [6, 6.07) is 13.6. The summed E-state index contributed by atoms with van der Waals surface area (Å²) in [5.41, 5.74) is 3.60. The van der Waals surface area contributed by atoms with E-state index in [1.54, 1.807) is 0 Å². The normalized spacial score (nSPS) is 11.1. The molecular formula is C16H16N2O2S. The molecule has 2 aromatic carbocycles. The highest BCUT2D eigenvalue weighted by molar-refractivity contribution is 7.89. The van der Waals surface area contributed by atoms with Crippen molar-refractivity contribution in [2.75, 3.05) is 0 Å². The van der Waals surface area contributed by atoms with Crippen LogP contribution in [0.2, 0.25) is 0 Å². The Labute approximate surface area is 125 Å². The Morgan fingerprint density at radius 1 is 1.10 bits per heavy atom. The molecule has 0 saturated heterocycles. The molecule has 4 nitrogen and oxygen atoms in total. The lowest BCUT2D eigenvalue weighted by Gasteiger charge is -2.10. The first-order valence-corrected chi connectivity index (χ1v) is 7.97. The Hall–Kier alpha value is -2.16. The molecule has 0 bridgehead atoms. The summed E-state index contributed by atoms with van der Waals surface area (Å²) >= 11 is 0. The Morgan fingerprint density at radius 3 is 2.38 bits per heavy atom. The fraction of sp³-hybridized carbons (Fsp3) is 0.188. The first kappa shape index (κ1) is 15.2. The number of nitrogens with one attached hydrogen (secondary N) is 1. The van der Waals surface area contributed by atoms with Crippen LogP contribution in [0.1, 0.15) is 22.3 Å². The van der Waals surface area contributed by atoms with Crippen molar-refractivity contribution in [3.8, 4) is 6.07 Å². The van der Waals surface area contributed by atoms with E-state index in [2.05, 4.69) is 4.72 Å². The molecule has 2 rings (SSSR count).